The number of hydrogen-bond acceptors (Lipinski definition) is 3. The lowest BCUT2D eigenvalue weighted by Crippen LogP contribution is -2.46. The Bertz CT molecular complexity index is 769. The predicted octanol–water partition coefficient (Wildman–Crippen LogP) is 4.75. The van der Waals surface area contributed by atoms with Crippen LogP contribution in [0.25, 0.3) is 0 Å². The zero-order chi connectivity index (χ0) is 19.8. The maximum Gasteiger partial charge on any atom is 0.242 e. The fourth-order valence-electron chi connectivity index (χ4n) is 2.51. The van der Waals surface area contributed by atoms with Crippen LogP contribution < -0.4 is 5.32 Å². The van der Waals surface area contributed by atoms with Gasteiger partial charge in [0.2, 0.25) is 11.8 Å². The van der Waals surface area contributed by atoms with Crippen molar-refractivity contribution in [3.63, 3.8) is 0 Å². The van der Waals surface area contributed by atoms with Crippen LogP contribution in [0.2, 0.25) is 5.02 Å². The van der Waals surface area contributed by atoms with Gasteiger partial charge in [-0.3, -0.25) is 9.59 Å². The molecule has 0 saturated carbocycles. The van der Waals surface area contributed by atoms with E-state index >= 15 is 0 Å². The lowest BCUT2D eigenvalue weighted by molar-refractivity contribution is -0.140. The Morgan fingerprint density at radius 3 is 2.37 bits per heavy atom. The number of benzene rings is 2. The molecule has 0 fully saturated rings. The van der Waals surface area contributed by atoms with Crippen LogP contribution in [0, 0.1) is 0 Å². The van der Waals surface area contributed by atoms with Crippen molar-refractivity contribution in [1.29, 1.82) is 0 Å². The maximum absolute atomic E-state index is 12.8. The summed E-state index contributed by atoms with van der Waals surface area (Å²) in [6.07, 6.45) is 0.352. The molecule has 144 valence electrons. The van der Waals surface area contributed by atoms with E-state index in [-0.39, 0.29) is 11.8 Å². The Kier molecular flexibility index (Phi) is 8.67. The molecule has 0 spiro atoms. The van der Waals surface area contributed by atoms with Crippen LogP contribution in [-0.4, -0.2) is 35.6 Å². The van der Waals surface area contributed by atoms with Gasteiger partial charge in [-0.1, -0.05) is 39.7 Å². The molecule has 0 aliphatic heterocycles. The molecule has 0 aliphatic carbocycles. The average Bonchev–Trinajstić information content (AvgIpc) is 2.67. The van der Waals surface area contributed by atoms with Gasteiger partial charge in [-0.2, -0.15) is 0 Å². The topological polar surface area (TPSA) is 49.4 Å². The molecule has 0 bridgehead atoms. The van der Waals surface area contributed by atoms with Crippen LogP contribution in [0.1, 0.15) is 18.9 Å². The van der Waals surface area contributed by atoms with Crippen LogP contribution in [0.15, 0.2) is 57.9 Å². The molecule has 2 rings (SSSR count). The highest BCUT2D eigenvalue weighted by Crippen LogP contribution is 2.22. The first kappa shape index (κ1) is 21.8. The number of amides is 2. The van der Waals surface area contributed by atoms with Crippen molar-refractivity contribution in [1.82, 2.24) is 10.2 Å². The highest BCUT2D eigenvalue weighted by atomic mass is 79.9. The van der Waals surface area contributed by atoms with Gasteiger partial charge in [-0.25, -0.2) is 0 Å². The van der Waals surface area contributed by atoms with Gasteiger partial charge in [-0.05, 0) is 48.9 Å². The highest BCUT2D eigenvalue weighted by molar-refractivity contribution is 9.10. The molecule has 1 atom stereocenters. The number of rotatable bonds is 8. The first-order valence-electron chi connectivity index (χ1n) is 8.54. The van der Waals surface area contributed by atoms with Gasteiger partial charge in [-0.15, -0.1) is 11.8 Å². The number of nitrogens with one attached hydrogen (secondary N) is 1. The minimum Gasteiger partial charge on any atom is -0.357 e. The zero-order valence-electron chi connectivity index (χ0n) is 15.2. The third-order valence-corrected chi connectivity index (χ3v) is 5.87. The summed E-state index contributed by atoms with van der Waals surface area (Å²) in [5.41, 5.74) is 0.979. The molecule has 0 aliphatic rings. The van der Waals surface area contributed by atoms with E-state index in [1.165, 1.54) is 0 Å². The molecule has 2 aromatic rings. The first-order chi connectivity index (χ1) is 12.9. The standard InChI is InChI=1S/C20H22BrClN2O2S/c1-14(20(26)23-2)24(13-15-3-5-16(21)6-4-15)19(25)11-12-27-18-9-7-17(22)8-10-18/h3-10,14H,11-13H2,1-2H3,(H,23,26). The fraction of sp³-hybridized carbons (Fsp3) is 0.300. The average molecular weight is 470 g/mol. The minimum absolute atomic E-state index is 0.0458. The Morgan fingerprint density at radius 1 is 1.15 bits per heavy atom. The number of halogens is 2. The van der Waals surface area contributed by atoms with Crippen molar-refractivity contribution in [2.45, 2.75) is 30.8 Å². The van der Waals surface area contributed by atoms with E-state index in [9.17, 15) is 9.59 Å². The summed E-state index contributed by atoms with van der Waals surface area (Å²) in [4.78, 5) is 27.6. The molecule has 0 heterocycles. The molecule has 27 heavy (non-hydrogen) atoms. The van der Waals surface area contributed by atoms with Gasteiger partial charge in [0.15, 0.2) is 0 Å². The van der Waals surface area contributed by atoms with Crippen molar-refractivity contribution >= 4 is 51.1 Å². The van der Waals surface area contributed by atoms with Crippen molar-refractivity contribution in [3.8, 4) is 0 Å². The molecular formula is C20H22BrClN2O2S. The third-order valence-electron chi connectivity index (χ3n) is 4.08. The number of thioether (sulfide) groups is 1. The fourth-order valence-corrected chi connectivity index (χ4v) is 3.74. The molecule has 0 radical (unpaired) electrons. The van der Waals surface area contributed by atoms with E-state index in [0.717, 1.165) is 14.9 Å². The normalized spacial score (nSPS) is 11.7. The second-order valence-electron chi connectivity index (χ2n) is 5.99. The summed E-state index contributed by atoms with van der Waals surface area (Å²) in [5.74, 6) is 0.416. The maximum atomic E-state index is 12.8. The zero-order valence-corrected chi connectivity index (χ0v) is 18.4. The van der Waals surface area contributed by atoms with Crippen LogP contribution in [-0.2, 0) is 16.1 Å². The summed E-state index contributed by atoms with van der Waals surface area (Å²) in [6.45, 7) is 2.15. The van der Waals surface area contributed by atoms with Crippen LogP contribution in [0.3, 0.4) is 0 Å². The van der Waals surface area contributed by atoms with Gasteiger partial charge in [0.1, 0.15) is 6.04 Å². The van der Waals surface area contributed by atoms with E-state index in [1.807, 2.05) is 48.5 Å². The van der Waals surface area contributed by atoms with Crippen molar-refractivity contribution in [3.05, 3.63) is 63.6 Å². The van der Waals surface area contributed by atoms with Crippen LogP contribution in [0.4, 0.5) is 0 Å². The largest absolute Gasteiger partial charge is 0.357 e. The number of nitrogens with zero attached hydrogens (tertiary/aromatic N) is 1. The molecule has 1 N–H and O–H groups in total. The van der Waals surface area contributed by atoms with Gasteiger partial charge in [0.25, 0.3) is 0 Å². The second kappa shape index (κ2) is 10.7. The Balaban J connectivity index is 2.02. The van der Waals surface area contributed by atoms with E-state index in [1.54, 1.807) is 30.6 Å². The molecule has 2 aromatic carbocycles. The Labute approximate surface area is 177 Å². The van der Waals surface area contributed by atoms with Crippen molar-refractivity contribution in [2.24, 2.45) is 0 Å². The SMILES string of the molecule is CNC(=O)C(C)N(Cc1ccc(Br)cc1)C(=O)CCSc1ccc(Cl)cc1. The molecule has 0 aromatic heterocycles. The van der Waals surface area contributed by atoms with Crippen molar-refractivity contribution in [2.75, 3.05) is 12.8 Å². The Morgan fingerprint density at radius 2 is 1.78 bits per heavy atom. The number of carbonyl (C=O) groups excluding carboxylic acids is 2. The minimum atomic E-state index is -0.535. The molecule has 4 nitrogen and oxygen atoms in total. The second-order valence-corrected chi connectivity index (χ2v) is 8.51. The van der Waals surface area contributed by atoms with E-state index in [4.69, 9.17) is 11.6 Å². The summed E-state index contributed by atoms with van der Waals surface area (Å²) >= 11 is 10.9. The highest BCUT2D eigenvalue weighted by Gasteiger charge is 2.25. The smallest absolute Gasteiger partial charge is 0.242 e. The van der Waals surface area contributed by atoms with Crippen LogP contribution >= 0.6 is 39.3 Å². The van der Waals surface area contributed by atoms with Crippen LogP contribution in [0.5, 0.6) is 0 Å². The summed E-state index contributed by atoms with van der Waals surface area (Å²) in [7, 11) is 1.58. The molecule has 0 saturated heterocycles. The van der Waals surface area contributed by atoms with Gasteiger partial charge < -0.3 is 10.2 Å². The molecule has 2 amide bonds. The predicted molar refractivity (Wildman–Crippen MR) is 115 cm³/mol. The number of hydrogen-bond donors (Lipinski definition) is 1. The first-order valence-corrected chi connectivity index (χ1v) is 10.7. The van der Waals surface area contributed by atoms with Gasteiger partial charge in [0.05, 0.1) is 0 Å². The van der Waals surface area contributed by atoms with E-state index in [0.29, 0.717) is 23.7 Å². The molecular weight excluding hydrogens is 448 g/mol. The van der Waals surface area contributed by atoms with Gasteiger partial charge >= 0.3 is 0 Å². The lowest BCUT2D eigenvalue weighted by atomic mass is 10.1. The summed E-state index contributed by atoms with van der Waals surface area (Å²) in [6, 6.07) is 14.8. The molecule has 7 heteroatoms. The Hall–Kier alpha value is -1.50. The monoisotopic (exact) mass is 468 g/mol. The third kappa shape index (κ3) is 6.87. The van der Waals surface area contributed by atoms with E-state index < -0.39 is 6.04 Å². The lowest BCUT2D eigenvalue weighted by Gasteiger charge is -2.28. The molecule has 1 unspecified atom stereocenters. The summed E-state index contributed by atoms with van der Waals surface area (Å²) in [5, 5.41) is 3.31. The number of carbonyl (C=O) groups is 2. The quantitative estimate of drug-likeness (QED) is 0.568. The van der Waals surface area contributed by atoms with Crippen molar-refractivity contribution < 1.29 is 9.59 Å². The summed E-state index contributed by atoms with van der Waals surface area (Å²) < 4.78 is 0.975. The van der Waals surface area contributed by atoms with Gasteiger partial charge in [0, 0.05) is 40.2 Å². The number of likely N-dealkylation sites (N-methyl/N-ethyl adjacent to an activating group) is 1. The van der Waals surface area contributed by atoms with E-state index in [2.05, 4.69) is 21.2 Å².